The quantitative estimate of drug-likeness (QED) is 0.658. The van der Waals surface area contributed by atoms with E-state index in [2.05, 4.69) is 10.3 Å². The van der Waals surface area contributed by atoms with Crippen LogP contribution in [0.3, 0.4) is 0 Å². The monoisotopic (exact) mass is 237 g/mol. The molecule has 1 heterocycles. The lowest BCUT2D eigenvalue weighted by Crippen LogP contribution is -2.41. The summed E-state index contributed by atoms with van der Waals surface area (Å²) >= 11 is 0. The Hall–Kier alpha value is -1.95. The number of aliphatic carboxylic acids is 1. The van der Waals surface area contributed by atoms with Gasteiger partial charge in [0.2, 0.25) is 5.91 Å². The van der Waals surface area contributed by atoms with E-state index >= 15 is 0 Å². The molecule has 0 aromatic carbocycles. The van der Waals surface area contributed by atoms with Gasteiger partial charge in [-0.15, -0.1) is 0 Å². The predicted octanol–water partition coefficient (Wildman–Crippen LogP) is -0.192. The molecule has 0 aliphatic heterocycles. The van der Waals surface area contributed by atoms with Crippen LogP contribution < -0.4 is 11.1 Å². The first kappa shape index (κ1) is 13.1. The van der Waals surface area contributed by atoms with Gasteiger partial charge in [0, 0.05) is 18.4 Å². The predicted molar refractivity (Wildman–Crippen MR) is 61.0 cm³/mol. The minimum atomic E-state index is -1.09. The van der Waals surface area contributed by atoms with Crippen LogP contribution in [0.4, 0.5) is 0 Å². The number of nitrogens with two attached hydrogens (primary N) is 1. The number of hydrogen-bond donors (Lipinski definition) is 3. The number of carbonyl (C=O) groups excluding carboxylic acids is 1. The van der Waals surface area contributed by atoms with E-state index in [1.165, 1.54) is 0 Å². The first-order valence-corrected chi connectivity index (χ1v) is 5.15. The van der Waals surface area contributed by atoms with Gasteiger partial charge in [0.1, 0.15) is 0 Å². The second-order valence-corrected chi connectivity index (χ2v) is 3.73. The molecule has 0 aliphatic carbocycles. The van der Waals surface area contributed by atoms with E-state index in [0.717, 1.165) is 11.3 Å². The second-order valence-electron chi connectivity index (χ2n) is 3.73. The van der Waals surface area contributed by atoms with Crippen LogP contribution in [0, 0.1) is 6.92 Å². The van der Waals surface area contributed by atoms with Crippen LogP contribution in [-0.2, 0) is 16.1 Å². The van der Waals surface area contributed by atoms with Gasteiger partial charge < -0.3 is 16.2 Å². The van der Waals surface area contributed by atoms with Crippen LogP contribution >= 0.6 is 0 Å². The highest BCUT2D eigenvalue weighted by molar-refractivity contribution is 5.85. The van der Waals surface area contributed by atoms with Crippen LogP contribution in [-0.4, -0.2) is 28.0 Å². The smallest absolute Gasteiger partial charge is 0.305 e. The minimum Gasteiger partial charge on any atom is -0.481 e. The minimum absolute atomic E-state index is 0.291. The Bertz CT molecular complexity index is 403. The van der Waals surface area contributed by atoms with Crippen LogP contribution in [0.15, 0.2) is 18.3 Å². The van der Waals surface area contributed by atoms with Crippen molar-refractivity contribution in [2.24, 2.45) is 5.73 Å². The molecule has 0 bridgehead atoms. The van der Waals surface area contributed by atoms with Gasteiger partial charge in [0.25, 0.3) is 0 Å². The lowest BCUT2D eigenvalue weighted by molar-refractivity contribution is -0.139. The highest BCUT2D eigenvalue weighted by Crippen LogP contribution is 1.99. The van der Waals surface area contributed by atoms with E-state index in [4.69, 9.17) is 10.8 Å². The van der Waals surface area contributed by atoms with Crippen LogP contribution in [0.1, 0.15) is 17.7 Å². The lowest BCUT2D eigenvalue weighted by atomic mass is 10.2. The number of nitrogens with one attached hydrogen (secondary N) is 1. The summed E-state index contributed by atoms with van der Waals surface area (Å²) in [6.07, 6.45) is 1.27. The SMILES string of the molecule is Cc1ccc(CNC(=O)C(N)CC(=O)O)cn1. The molecule has 0 fully saturated rings. The van der Waals surface area contributed by atoms with E-state index in [9.17, 15) is 9.59 Å². The fraction of sp³-hybridized carbons (Fsp3) is 0.364. The number of nitrogens with zero attached hydrogens (tertiary/aromatic N) is 1. The van der Waals surface area contributed by atoms with Crippen LogP contribution in [0.25, 0.3) is 0 Å². The number of hydrogen-bond acceptors (Lipinski definition) is 4. The summed E-state index contributed by atoms with van der Waals surface area (Å²) in [4.78, 5) is 25.8. The zero-order valence-corrected chi connectivity index (χ0v) is 9.51. The fourth-order valence-electron chi connectivity index (χ4n) is 1.20. The van der Waals surface area contributed by atoms with Crippen LogP contribution in [0.5, 0.6) is 0 Å². The van der Waals surface area contributed by atoms with Crippen molar-refractivity contribution in [3.8, 4) is 0 Å². The molecule has 0 spiro atoms. The van der Waals surface area contributed by atoms with Gasteiger partial charge in [-0.05, 0) is 18.6 Å². The Morgan fingerprint density at radius 3 is 2.76 bits per heavy atom. The van der Waals surface area contributed by atoms with E-state index in [0.29, 0.717) is 6.54 Å². The van der Waals surface area contributed by atoms with Crippen molar-refractivity contribution < 1.29 is 14.7 Å². The zero-order chi connectivity index (χ0) is 12.8. The first-order chi connectivity index (χ1) is 7.99. The van der Waals surface area contributed by atoms with Gasteiger partial charge in [0.05, 0.1) is 12.5 Å². The molecule has 0 aliphatic rings. The van der Waals surface area contributed by atoms with Crippen LogP contribution in [0.2, 0.25) is 0 Å². The largest absolute Gasteiger partial charge is 0.481 e. The molecular weight excluding hydrogens is 222 g/mol. The number of aryl methyl sites for hydroxylation is 1. The number of carbonyl (C=O) groups is 2. The number of carboxylic acid groups (broad SMARTS) is 1. The van der Waals surface area contributed by atoms with Gasteiger partial charge in [-0.2, -0.15) is 0 Å². The Labute approximate surface area is 98.8 Å². The number of amides is 1. The topological polar surface area (TPSA) is 105 Å². The van der Waals surface area contributed by atoms with Crippen molar-refractivity contribution in [2.45, 2.75) is 25.9 Å². The summed E-state index contributed by atoms with van der Waals surface area (Å²) < 4.78 is 0. The third kappa shape index (κ3) is 4.60. The van der Waals surface area contributed by atoms with Crippen molar-refractivity contribution in [3.05, 3.63) is 29.6 Å². The maximum atomic E-state index is 11.4. The van der Waals surface area contributed by atoms with Crippen molar-refractivity contribution in [3.63, 3.8) is 0 Å². The lowest BCUT2D eigenvalue weighted by Gasteiger charge is -2.10. The molecule has 6 nitrogen and oxygen atoms in total. The molecule has 1 rings (SSSR count). The van der Waals surface area contributed by atoms with Gasteiger partial charge in [-0.25, -0.2) is 0 Å². The standard InChI is InChI=1S/C11H15N3O3/c1-7-2-3-8(5-13-7)6-14-11(17)9(12)4-10(15)16/h2-3,5,9H,4,6,12H2,1H3,(H,14,17)(H,15,16). The average molecular weight is 237 g/mol. The first-order valence-electron chi connectivity index (χ1n) is 5.15. The molecule has 4 N–H and O–H groups in total. The van der Waals surface area contributed by atoms with E-state index in [1.807, 2.05) is 19.1 Å². The summed E-state index contributed by atoms with van der Waals surface area (Å²) in [5.41, 5.74) is 7.13. The van der Waals surface area contributed by atoms with E-state index in [-0.39, 0.29) is 6.42 Å². The fourth-order valence-corrected chi connectivity index (χ4v) is 1.20. The molecular formula is C11H15N3O3. The third-order valence-electron chi connectivity index (χ3n) is 2.17. The highest BCUT2D eigenvalue weighted by atomic mass is 16.4. The van der Waals surface area contributed by atoms with Gasteiger partial charge >= 0.3 is 5.97 Å². The van der Waals surface area contributed by atoms with Crippen molar-refractivity contribution in [1.29, 1.82) is 0 Å². The second kappa shape index (κ2) is 5.95. The number of pyridine rings is 1. The van der Waals surface area contributed by atoms with Gasteiger partial charge in [-0.3, -0.25) is 14.6 Å². The zero-order valence-electron chi connectivity index (χ0n) is 9.51. The summed E-state index contributed by atoms with van der Waals surface area (Å²) in [5, 5.41) is 11.0. The van der Waals surface area contributed by atoms with Crippen molar-refractivity contribution >= 4 is 11.9 Å². The summed E-state index contributed by atoms with van der Waals surface area (Å²) in [7, 11) is 0. The molecule has 0 radical (unpaired) electrons. The highest BCUT2D eigenvalue weighted by Gasteiger charge is 2.16. The summed E-state index contributed by atoms with van der Waals surface area (Å²) in [5.74, 6) is -1.57. The number of carboxylic acids is 1. The molecule has 17 heavy (non-hydrogen) atoms. The Morgan fingerprint density at radius 1 is 1.53 bits per heavy atom. The Kier molecular flexibility index (Phi) is 4.59. The molecule has 1 amide bonds. The normalized spacial score (nSPS) is 11.9. The molecule has 6 heteroatoms. The molecule has 1 atom stereocenters. The number of rotatable bonds is 5. The summed E-state index contributed by atoms with van der Waals surface area (Å²) in [6, 6.07) is 2.65. The molecule has 92 valence electrons. The summed E-state index contributed by atoms with van der Waals surface area (Å²) in [6.45, 7) is 2.16. The van der Waals surface area contributed by atoms with Gasteiger partial charge in [0.15, 0.2) is 0 Å². The third-order valence-corrected chi connectivity index (χ3v) is 2.17. The molecule has 1 unspecified atom stereocenters. The molecule has 1 aromatic rings. The maximum Gasteiger partial charge on any atom is 0.305 e. The molecule has 0 saturated carbocycles. The number of aromatic nitrogens is 1. The molecule has 1 aromatic heterocycles. The Balaban J connectivity index is 2.42. The molecule has 0 saturated heterocycles. The average Bonchev–Trinajstić information content (AvgIpc) is 2.27. The van der Waals surface area contributed by atoms with E-state index < -0.39 is 17.9 Å². The van der Waals surface area contributed by atoms with E-state index in [1.54, 1.807) is 6.20 Å². The van der Waals surface area contributed by atoms with Crippen molar-refractivity contribution in [2.75, 3.05) is 0 Å². The Morgan fingerprint density at radius 2 is 2.24 bits per heavy atom. The van der Waals surface area contributed by atoms with Crippen molar-refractivity contribution in [1.82, 2.24) is 10.3 Å². The van der Waals surface area contributed by atoms with Gasteiger partial charge in [-0.1, -0.05) is 6.07 Å². The maximum absolute atomic E-state index is 11.4.